The Bertz CT molecular complexity index is 972. The minimum Gasteiger partial charge on any atom is -0.460 e. The van der Waals surface area contributed by atoms with Crippen LogP contribution in [0, 0.1) is 5.82 Å². The fourth-order valence-electron chi connectivity index (χ4n) is 2.43. The van der Waals surface area contributed by atoms with Crippen molar-refractivity contribution in [1.82, 2.24) is 4.31 Å². The topological polar surface area (TPSA) is 85.3 Å². The summed E-state index contributed by atoms with van der Waals surface area (Å²) < 4.78 is 49.2. The van der Waals surface area contributed by atoms with Gasteiger partial charge in [-0.05, 0) is 52.0 Å². The quantitative estimate of drug-likeness (QED) is 0.186. The number of thioether (sulfide) groups is 1. The first-order chi connectivity index (χ1) is 16.9. The summed E-state index contributed by atoms with van der Waals surface area (Å²) in [7, 11) is 0.500. The number of Topliss-reactive ketones (excluding diaryl/α,β-unsaturated/α-hetero) is 1. The van der Waals surface area contributed by atoms with Crippen molar-refractivity contribution in [3.8, 4) is 0 Å². The molecule has 1 unspecified atom stereocenters. The number of carbonyl (C=O) groups excluding carboxylic acids is 3. The first-order valence-electron chi connectivity index (χ1n) is 10.7. The summed E-state index contributed by atoms with van der Waals surface area (Å²) in [6.45, 7) is 9.87. The number of nitrogens with zero attached hydrogens (tertiary/aromatic N) is 2. The number of rotatable bonds is 6. The van der Waals surface area contributed by atoms with Gasteiger partial charge in [0.25, 0.3) is 0 Å². The van der Waals surface area contributed by atoms with Gasteiger partial charge in [-0.2, -0.15) is 4.31 Å². The Morgan fingerprint density at radius 3 is 2.36 bits per heavy atom. The maximum atomic E-state index is 14.5. The summed E-state index contributed by atoms with van der Waals surface area (Å²) >= 11 is 3.73. The van der Waals surface area contributed by atoms with Crippen LogP contribution in [0.1, 0.15) is 59.6 Å². The van der Waals surface area contributed by atoms with E-state index in [-0.39, 0.29) is 23.1 Å². The highest BCUT2D eigenvalue weighted by molar-refractivity contribution is 9.10. The van der Waals surface area contributed by atoms with E-state index in [1.165, 1.54) is 31.2 Å². The van der Waals surface area contributed by atoms with E-state index in [1.54, 1.807) is 20.8 Å². The number of hydrogen-bond acceptors (Lipinski definition) is 8. The summed E-state index contributed by atoms with van der Waals surface area (Å²) in [5.41, 5.74) is -0.723. The molecule has 0 spiro atoms. The van der Waals surface area contributed by atoms with Crippen LogP contribution in [-0.2, 0) is 19.1 Å². The third-order valence-electron chi connectivity index (χ3n) is 3.66. The van der Waals surface area contributed by atoms with Crippen molar-refractivity contribution in [3.63, 3.8) is 0 Å². The van der Waals surface area contributed by atoms with Gasteiger partial charge in [0.15, 0.2) is 17.5 Å². The van der Waals surface area contributed by atoms with Gasteiger partial charge in [-0.15, -0.1) is 3.89 Å². The molecule has 1 amide bonds. The van der Waals surface area contributed by atoms with Gasteiger partial charge < -0.3 is 9.47 Å². The second-order valence-electron chi connectivity index (χ2n) is 7.64. The van der Waals surface area contributed by atoms with Crippen LogP contribution in [0.4, 0.5) is 17.5 Å². The molecule has 0 aliphatic carbocycles. The molecule has 1 heterocycles. The number of amidine groups is 1. The number of ether oxygens (including phenoxy) is 2. The highest BCUT2D eigenvalue weighted by Gasteiger charge is 2.32. The molecule has 0 N–H and O–H groups in total. The summed E-state index contributed by atoms with van der Waals surface area (Å²) in [6.07, 6.45) is 0.142. The molecule has 0 aromatic heterocycles. The van der Waals surface area contributed by atoms with Crippen LogP contribution in [0.2, 0.25) is 0 Å². The first-order valence-corrected chi connectivity index (χ1v) is 12.9. The molecule has 13 heteroatoms. The van der Waals surface area contributed by atoms with Gasteiger partial charge in [0, 0.05) is 14.9 Å². The molecule has 0 bridgehead atoms. The van der Waals surface area contributed by atoms with Crippen molar-refractivity contribution in [2.24, 2.45) is 4.99 Å². The van der Waals surface area contributed by atoms with Gasteiger partial charge in [-0.3, -0.25) is 14.0 Å². The average Bonchev–Trinajstić information content (AvgIpc) is 2.80. The second-order valence-corrected chi connectivity index (χ2v) is 10.2. The molecule has 1 aliphatic heterocycles. The lowest BCUT2D eigenvalue weighted by Gasteiger charge is -2.27. The molecular weight excluding hydrogens is 585 g/mol. The monoisotopic (exact) mass is 614 g/mol. The molecule has 1 aromatic carbocycles. The van der Waals surface area contributed by atoms with Gasteiger partial charge >= 0.3 is 12.1 Å². The zero-order valence-corrected chi connectivity index (χ0v) is 24.3. The Labute approximate surface area is 226 Å². The van der Waals surface area contributed by atoms with E-state index in [9.17, 15) is 27.1 Å². The van der Waals surface area contributed by atoms with Gasteiger partial charge in [-0.25, -0.2) is 14.2 Å². The van der Waals surface area contributed by atoms with Crippen LogP contribution in [0.5, 0.6) is 0 Å². The molecule has 0 fully saturated rings. The lowest BCUT2D eigenvalue weighted by molar-refractivity contribution is -0.144. The van der Waals surface area contributed by atoms with E-state index in [2.05, 4.69) is 20.9 Å². The summed E-state index contributed by atoms with van der Waals surface area (Å²) in [6, 6.07) is 3.33. The van der Waals surface area contributed by atoms with Gasteiger partial charge in [0.1, 0.15) is 36.3 Å². The zero-order valence-electron chi connectivity index (χ0n) is 21.1. The van der Waals surface area contributed by atoms with E-state index in [0.29, 0.717) is 20.9 Å². The number of amides is 1. The molecule has 0 radical (unpaired) electrons. The van der Waals surface area contributed by atoms with Crippen molar-refractivity contribution in [1.29, 1.82) is 0 Å². The van der Waals surface area contributed by atoms with Crippen LogP contribution in [0.25, 0.3) is 0 Å². The lowest BCUT2D eigenvalue weighted by Crippen LogP contribution is -2.35. The zero-order chi connectivity index (χ0) is 28.1. The van der Waals surface area contributed by atoms with Gasteiger partial charge in [-0.1, -0.05) is 41.5 Å². The van der Waals surface area contributed by atoms with Gasteiger partial charge in [0.05, 0.1) is 7.18 Å². The Morgan fingerprint density at radius 1 is 1.22 bits per heavy atom. The maximum Gasteiger partial charge on any atom is 0.428 e. The second kappa shape index (κ2) is 16.7. The number of esters is 1. The Kier molecular flexibility index (Phi) is 15.8. The van der Waals surface area contributed by atoms with E-state index >= 15 is 0 Å². The molecule has 1 atom stereocenters. The van der Waals surface area contributed by atoms with E-state index in [1.807, 2.05) is 13.8 Å². The first kappa shape index (κ1) is 34.0. The molecule has 0 saturated carbocycles. The maximum absolute atomic E-state index is 14.5. The summed E-state index contributed by atoms with van der Waals surface area (Å²) in [4.78, 5) is 40.0. The minimum atomic E-state index is -1.00. The third kappa shape index (κ3) is 11.8. The molecular formula is C23H30BrF3N2O5S2. The Hall–Kier alpha value is -1.99. The van der Waals surface area contributed by atoms with Gasteiger partial charge in [0.2, 0.25) is 0 Å². The highest BCUT2D eigenvalue weighted by Crippen LogP contribution is 2.37. The van der Waals surface area contributed by atoms with Crippen molar-refractivity contribution < 1.29 is 36.5 Å². The fraction of sp³-hybridized carbons (Fsp3) is 0.478. The van der Waals surface area contributed by atoms with Crippen LogP contribution in [-0.4, -0.2) is 46.7 Å². The molecule has 2 rings (SSSR count). The van der Waals surface area contributed by atoms with Crippen molar-refractivity contribution in [2.75, 3.05) is 13.8 Å². The van der Waals surface area contributed by atoms with Crippen molar-refractivity contribution >= 4 is 63.0 Å². The Morgan fingerprint density at radius 2 is 1.83 bits per heavy atom. The summed E-state index contributed by atoms with van der Waals surface area (Å²) in [5.74, 6) is -1.66. The molecule has 36 heavy (non-hydrogen) atoms. The van der Waals surface area contributed by atoms with Crippen molar-refractivity contribution in [3.05, 3.63) is 45.0 Å². The summed E-state index contributed by atoms with van der Waals surface area (Å²) in [5, 5.41) is -0.115. The number of hydrogen-bond donors (Lipinski definition) is 0. The molecule has 7 nitrogen and oxygen atoms in total. The standard InChI is InChI=1S/C20H21BrF2N2O5S2.C2H6.CH3F/c1-11(26)7-17(27)29-10-13-9-16(14-8-12(21)5-6-15(14)22)24-18(31-13)25(32-23)19(28)30-20(2,3)4;2*1-2/h5-6,8-9,16H,7,10H2,1-4H3;1-2H3;1H3. The number of benzene rings is 1. The smallest absolute Gasteiger partial charge is 0.428 e. The lowest BCUT2D eigenvalue weighted by atomic mass is 10.1. The minimum absolute atomic E-state index is 0.115. The van der Waals surface area contributed by atoms with Crippen molar-refractivity contribution in [2.45, 2.75) is 59.6 Å². The molecule has 1 aliphatic rings. The molecule has 0 saturated heterocycles. The number of alkyl halides is 1. The Balaban J connectivity index is 0.00000291. The third-order valence-corrected chi connectivity index (χ3v) is 5.72. The van der Waals surface area contributed by atoms with E-state index < -0.39 is 48.3 Å². The predicted octanol–water partition coefficient (Wildman–Crippen LogP) is 7.52. The number of carbonyl (C=O) groups is 3. The van der Waals surface area contributed by atoms with E-state index in [0.717, 1.165) is 11.8 Å². The van der Waals surface area contributed by atoms with Crippen LogP contribution in [0.3, 0.4) is 0 Å². The van der Waals surface area contributed by atoms with E-state index in [4.69, 9.17) is 9.47 Å². The molecule has 1 aromatic rings. The number of halogens is 4. The number of aliphatic imine (C=N–C) groups is 1. The fourth-order valence-corrected chi connectivity index (χ4v) is 4.08. The SMILES string of the molecule is CC.CC(=O)CC(=O)OCC1=CC(c2cc(Br)ccc2F)N=C(N(SF)C(=O)OC(C)(C)C)S1.CF. The number of ketones is 1. The highest BCUT2D eigenvalue weighted by atomic mass is 79.9. The normalized spacial score (nSPS) is 14.6. The average molecular weight is 616 g/mol. The predicted molar refractivity (Wildman–Crippen MR) is 141 cm³/mol. The van der Waals surface area contributed by atoms with Crippen LogP contribution >= 0.6 is 40.0 Å². The van der Waals surface area contributed by atoms with Crippen LogP contribution in [0.15, 0.2) is 38.6 Å². The van der Waals surface area contributed by atoms with Crippen LogP contribution < -0.4 is 0 Å². The molecule has 202 valence electrons. The largest absolute Gasteiger partial charge is 0.460 e.